The largest absolute Gasteiger partial charge is 0.480 e. The minimum atomic E-state index is -1.16. The molecule has 1 atom stereocenters. The third kappa shape index (κ3) is 5.30. The van der Waals surface area contributed by atoms with Gasteiger partial charge in [-0.25, -0.2) is 4.79 Å². The van der Waals surface area contributed by atoms with Gasteiger partial charge in [0, 0.05) is 0 Å². The van der Waals surface area contributed by atoms with Crippen molar-refractivity contribution in [3.05, 3.63) is 0 Å². The summed E-state index contributed by atoms with van der Waals surface area (Å²) in [5, 5.41) is 11.4. The summed E-state index contributed by atoms with van der Waals surface area (Å²) in [5.41, 5.74) is 5.01. The van der Waals surface area contributed by atoms with Crippen molar-refractivity contribution >= 4 is 17.8 Å². The summed E-state index contributed by atoms with van der Waals surface area (Å²) in [5.74, 6) is -2.87. The number of nitrogens with one attached hydrogen (secondary N) is 2. The molecule has 92 valence electrons. The van der Waals surface area contributed by atoms with E-state index in [9.17, 15) is 14.4 Å². The summed E-state index contributed by atoms with van der Waals surface area (Å²) in [6, 6.07) is -1.04. The van der Waals surface area contributed by atoms with E-state index in [0.29, 0.717) is 5.31 Å². The number of hydrogen-bond acceptors (Lipinski definition) is 4. The molecule has 0 unspecified atom stereocenters. The lowest BCUT2D eigenvalue weighted by atomic mass is 10.1. The van der Waals surface area contributed by atoms with Crippen LogP contribution in [0.1, 0.15) is 13.8 Å². The zero-order valence-corrected chi connectivity index (χ0v) is 9.27. The third-order valence-corrected chi connectivity index (χ3v) is 1.82. The maximum atomic E-state index is 11.4. The van der Waals surface area contributed by atoms with Crippen molar-refractivity contribution in [3.63, 3.8) is 0 Å². The van der Waals surface area contributed by atoms with Gasteiger partial charge in [-0.3, -0.25) is 9.59 Å². The van der Waals surface area contributed by atoms with E-state index in [4.69, 9.17) is 12.3 Å². The molecule has 0 heterocycles. The molecular weight excluding hydrogens is 214 g/mol. The molecule has 0 aromatic rings. The second-order valence-corrected chi connectivity index (χ2v) is 3.54. The van der Waals surface area contributed by atoms with Gasteiger partial charge in [0.25, 0.3) is 0 Å². The van der Waals surface area contributed by atoms with Crippen LogP contribution >= 0.6 is 0 Å². The summed E-state index contributed by atoms with van der Waals surface area (Å²) >= 11 is 0. The Hall–Kier alpha value is -1.63. The topological polar surface area (TPSA) is 122 Å². The monoisotopic (exact) mass is 232 g/mol. The summed E-state index contributed by atoms with van der Waals surface area (Å²) < 4.78 is 7.16. The minimum absolute atomic E-state index is 0.291. The van der Waals surface area contributed by atoms with Crippen molar-refractivity contribution in [1.82, 2.24) is 10.6 Å². The quantitative estimate of drug-likeness (QED) is 0.434. The smallest absolute Gasteiger partial charge is 0.326 e. The molecule has 0 aliphatic heterocycles. The Labute approximate surface area is 94.8 Å². The van der Waals surface area contributed by atoms with Crippen molar-refractivity contribution < 1.29 is 20.9 Å². The van der Waals surface area contributed by atoms with Gasteiger partial charge in [0.2, 0.25) is 11.8 Å². The van der Waals surface area contributed by atoms with E-state index >= 15 is 0 Å². The van der Waals surface area contributed by atoms with Crippen LogP contribution in [0.3, 0.4) is 0 Å². The Morgan fingerprint density at radius 3 is 2.31 bits per heavy atom. The fourth-order valence-corrected chi connectivity index (χ4v) is 0.957. The highest BCUT2D eigenvalue weighted by atomic mass is 16.4. The maximum Gasteiger partial charge on any atom is 0.326 e. The molecule has 0 radical (unpaired) electrons. The third-order valence-electron chi connectivity index (χ3n) is 1.82. The van der Waals surface area contributed by atoms with Gasteiger partial charge in [-0.05, 0) is 5.92 Å². The van der Waals surface area contributed by atoms with Gasteiger partial charge < -0.3 is 21.5 Å². The highest BCUT2D eigenvalue weighted by molar-refractivity contribution is 5.88. The summed E-state index contributed by atoms with van der Waals surface area (Å²) in [6.07, 6.45) is 0. The number of amides is 2. The average Bonchev–Trinajstić information content (AvgIpc) is 2.23. The first-order valence-corrected chi connectivity index (χ1v) is 4.81. The number of hydrogen-bond donors (Lipinski definition) is 4. The molecule has 0 saturated carbocycles. The molecule has 0 bridgehead atoms. The molecule has 7 heteroatoms. The lowest BCUT2D eigenvalue weighted by Gasteiger charge is -2.17. The SMILES string of the molecule is [2H]N(CC(=O)N[C@H](C(=O)O)C(C)C)C(=O)CN. The van der Waals surface area contributed by atoms with E-state index in [1.165, 1.54) is 0 Å². The minimum Gasteiger partial charge on any atom is -0.480 e. The highest BCUT2D eigenvalue weighted by Crippen LogP contribution is 2.00. The van der Waals surface area contributed by atoms with Gasteiger partial charge in [0.15, 0.2) is 1.41 Å². The van der Waals surface area contributed by atoms with Gasteiger partial charge in [-0.15, -0.1) is 0 Å². The van der Waals surface area contributed by atoms with E-state index in [2.05, 4.69) is 5.32 Å². The molecule has 0 spiro atoms. The molecule has 0 fully saturated rings. The second-order valence-electron chi connectivity index (χ2n) is 3.54. The van der Waals surface area contributed by atoms with Crippen LogP contribution in [-0.4, -0.2) is 42.0 Å². The number of carbonyl (C=O) groups excluding carboxylic acids is 2. The molecule has 0 aliphatic carbocycles. The van der Waals surface area contributed by atoms with Crippen molar-refractivity contribution in [2.75, 3.05) is 13.1 Å². The predicted octanol–water partition coefficient (Wildman–Crippen LogP) is -1.71. The number of carboxylic acid groups (broad SMARTS) is 1. The lowest BCUT2D eigenvalue weighted by molar-refractivity contribution is -0.143. The molecule has 16 heavy (non-hydrogen) atoms. The van der Waals surface area contributed by atoms with E-state index < -0.39 is 30.4 Å². The number of rotatable bonds is 6. The summed E-state index contributed by atoms with van der Waals surface area (Å²) in [7, 11) is 0. The highest BCUT2D eigenvalue weighted by Gasteiger charge is 2.23. The molecule has 0 aliphatic rings. The van der Waals surface area contributed by atoms with Crippen LogP contribution in [0.25, 0.3) is 0 Å². The Bertz CT molecular complexity index is 309. The Kier molecular flexibility index (Phi) is 5.27. The van der Waals surface area contributed by atoms with E-state index in [-0.39, 0.29) is 12.5 Å². The number of carboxylic acids is 1. The Morgan fingerprint density at radius 1 is 1.38 bits per heavy atom. The standard InChI is InChI=1S/C9H17N3O4/c1-5(2)8(9(15)16)12-7(14)4-11-6(13)3-10/h5,8H,3-4,10H2,1-2H3,(H,11,13)(H,12,14)(H,15,16)/t8-/m0/s1/i/hD. The van der Waals surface area contributed by atoms with Crippen LogP contribution in [0.4, 0.5) is 0 Å². The maximum absolute atomic E-state index is 11.4. The Balaban J connectivity index is 4.34. The van der Waals surface area contributed by atoms with Crippen molar-refractivity contribution in [3.8, 4) is 0 Å². The van der Waals surface area contributed by atoms with Crippen LogP contribution in [0.5, 0.6) is 0 Å². The van der Waals surface area contributed by atoms with Crippen molar-refractivity contribution in [2.24, 2.45) is 11.7 Å². The summed E-state index contributed by atoms with van der Waals surface area (Å²) in [6.45, 7) is 2.38. The van der Waals surface area contributed by atoms with Gasteiger partial charge in [-0.1, -0.05) is 13.8 Å². The molecule has 5 N–H and O–H groups in total. The molecule has 2 amide bonds. The number of carbonyl (C=O) groups is 3. The fraction of sp³-hybridized carbons (Fsp3) is 0.667. The molecule has 0 aromatic carbocycles. The van der Waals surface area contributed by atoms with E-state index in [0.717, 1.165) is 0 Å². The zero-order chi connectivity index (χ0) is 13.6. The van der Waals surface area contributed by atoms with Crippen LogP contribution in [-0.2, 0) is 14.4 Å². The fourth-order valence-electron chi connectivity index (χ4n) is 0.957. The van der Waals surface area contributed by atoms with Gasteiger partial charge in [-0.2, -0.15) is 0 Å². The second kappa shape index (κ2) is 6.78. The van der Waals surface area contributed by atoms with Gasteiger partial charge >= 0.3 is 5.97 Å². The average molecular weight is 232 g/mol. The lowest BCUT2D eigenvalue weighted by Crippen LogP contribution is -2.48. The number of aliphatic carboxylic acids is 1. The van der Waals surface area contributed by atoms with Crippen LogP contribution in [0.2, 0.25) is 1.41 Å². The molecule has 0 saturated heterocycles. The first-order valence-electron chi connectivity index (χ1n) is 5.25. The molecular formula is C9H17N3O4. The van der Waals surface area contributed by atoms with E-state index in [1.807, 2.05) is 0 Å². The van der Waals surface area contributed by atoms with Crippen molar-refractivity contribution in [2.45, 2.75) is 19.9 Å². The van der Waals surface area contributed by atoms with Crippen LogP contribution in [0, 0.1) is 5.92 Å². The Morgan fingerprint density at radius 2 is 1.94 bits per heavy atom. The van der Waals surface area contributed by atoms with Crippen LogP contribution in [0.15, 0.2) is 0 Å². The van der Waals surface area contributed by atoms with Gasteiger partial charge in [0.05, 0.1) is 13.1 Å². The predicted molar refractivity (Wildman–Crippen MR) is 56.5 cm³/mol. The van der Waals surface area contributed by atoms with E-state index in [1.54, 1.807) is 13.8 Å². The van der Waals surface area contributed by atoms with Crippen LogP contribution < -0.4 is 16.4 Å². The summed E-state index contributed by atoms with van der Waals surface area (Å²) in [4.78, 5) is 33.1. The molecule has 0 aromatic heterocycles. The van der Waals surface area contributed by atoms with Crippen molar-refractivity contribution in [1.29, 1.82) is 0 Å². The van der Waals surface area contributed by atoms with Gasteiger partial charge in [0.1, 0.15) is 6.04 Å². The first kappa shape index (κ1) is 12.4. The molecule has 7 nitrogen and oxygen atoms in total. The zero-order valence-electron chi connectivity index (χ0n) is 10.3. The normalized spacial score (nSPS) is 12.9. The molecule has 0 rings (SSSR count). The first-order chi connectivity index (χ1) is 7.79. The number of nitrogens with two attached hydrogens (primary N) is 1.